The van der Waals surface area contributed by atoms with Crippen LogP contribution in [0.2, 0.25) is 0 Å². The quantitative estimate of drug-likeness (QED) is 0.718. The Morgan fingerprint density at radius 3 is 2.46 bits per heavy atom. The molecule has 7 heteroatoms. The maximum absolute atomic E-state index is 13.8. The molecule has 0 heterocycles. The van der Waals surface area contributed by atoms with Crippen LogP contribution in [0.25, 0.3) is 0 Å². The summed E-state index contributed by atoms with van der Waals surface area (Å²) in [6.07, 6.45) is -5.88. The van der Waals surface area contributed by atoms with Crippen molar-refractivity contribution in [3.05, 3.63) is 71.0 Å². The van der Waals surface area contributed by atoms with Gasteiger partial charge in [0.15, 0.2) is 5.78 Å². The monoisotopic (exact) mass is 365 g/mol. The number of ketones is 1. The third-order valence-corrected chi connectivity index (χ3v) is 3.93. The predicted molar refractivity (Wildman–Crippen MR) is 85.7 cm³/mol. The normalized spacial score (nSPS) is 13.7. The van der Waals surface area contributed by atoms with Gasteiger partial charge in [-0.2, -0.15) is 18.4 Å². The summed E-state index contributed by atoms with van der Waals surface area (Å²) in [5, 5.41) is 9.33. The van der Waals surface area contributed by atoms with Gasteiger partial charge in [0.1, 0.15) is 17.8 Å². The summed E-state index contributed by atoms with van der Waals surface area (Å²) >= 11 is 0. The van der Waals surface area contributed by atoms with Crippen LogP contribution >= 0.6 is 0 Å². The number of nitriles is 1. The zero-order chi connectivity index (χ0) is 19.3. The summed E-state index contributed by atoms with van der Waals surface area (Å²) in [7, 11) is 1.23. The standard InChI is InChI=1S/C19H15F4NO2/c1-26-17(10-13-5-2-3-8-16(13)20)18(25)15(11-24)12-6-4-7-14(9-12)19(21,22)23/h2-9,15,17H,10H2,1H3. The second-order valence-electron chi connectivity index (χ2n) is 5.61. The Bertz CT molecular complexity index is 827. The van der Waals surface area contributed by atoms with E-state index < -0.39 is 35.4 Å². The number of benzene rings is 2. The van der Waals surface area contributed by atoms with Gasteiger partial charge in [0, 0.05) is 13.5 Å². The zero-order valence-electron chi connectivity index (χ0n) is 13.8. The lowest BCUT2D eigenvalue weighted by molar-refractivity contribution is -0.137. The third kappa shape index (κ3) is 4.46. The van der Waals surface area contributed by atoms with Gasteiger partial charge in [0.25, 0.3) is 0 Å². The van der Waals surface area contributed by atoms with Crippen molar-refractivity contribution in [3.63, 3.8) is 0 Å². The number of Topliss-reactive ketones (excluding diaryl/α,β-unsaturated/α-hetero) is 1. The molecule has 0 fully saturated rings. The molecule has 0 aliphatic heterocycles. The fourth-order valence-electron chi connectivity index (χ4n) is 2.55. The summed E-state index contributed by atoms with van der Waals surface area (Å²) in [5.74, 6) is -2.71. The lowest BCUT2D eigenvalue weighted by Crippen LogP contribution is -2.30. The second-order valence-corrected chi connectivity index (χ2v) is 5.61. The number of ether oxygens (including phenoxy) is 1. The van der Waals surface area contributed by atoms with Gasteiger partial charge in [-0.1, -0.05) is 36.4 Å². The highest BCUT2D eigenvalue weighted by Crippen LogP contribution is 2.31. The average Bonchev–Trinajstić information content (AvgIpc) is 2.61. The van der Waals surface area contributed by atoms with Crippen molar-refractivity contribution in [2.24, 2.45) is 0 Å². The molecule has 3 nitrogen and oxygen atoms in total. The van der Waals surface area contributed by atoms with Crippen molar-refractivity contribution in [3.8, 4) is 6.07 Å². The molecule has 0 bridgehead atoms. The van der Waals surface area contributed by atoms with Gasteiger partial charge in [0.05, 0.1) is 11.6 Å². The van der Waals surface area contributed by atoms with Crippen molar-refractivity contribution in [2.45, 2.75) is 24.6 Å². The van der Waals surface area contributed by atoms with Crippen LogP contribution in [0.3, 0.4) is 0 Å². The molecule has 2 aromatic rings. The lowest BCUT2D eigenvalue weighted by atomic mass is 9.89. The van der Waals surface area contributed by atoms with Crippen LogP contribution in [0.5, 0.6) is 0 Å². The number of alkyl halides is 3. The molecule has 2 unspecified atom stereocenters. The summed E-state index contributed by atoms with van der Waals surface area (Å²) in [4.78, 5) is 12.6. The Morgan fingerprint density at radius 2 is 1.88 bits per heavy atom. The van der Waals surface area contributed by atoms with E-state index in [9.17, 15) is 27.6 Å². The van der Waals surface area contributed by atoms with E-state index in [-0.39, 0.29) is 17.5 Å². The largest absolute Gasteiger partial charge is 0.416 e. The molecular formula is C19H15F4NO2. The molecule has 0 aliphatic rings. The van der Waals surface area contributed by atoms with Crippen molar-refractivity contribution in [1.29, 1.82) is 5.26 Å². The molecule has 2 atom stereocenters. The molecule has 0 saturated carbocycles. The van der Waals surface area contributed by atoms with E-state index >= 15 is 0 Å². The Morgan fingerprint density at radius 1 is 1.19 bits per heavy atom. The minimum Gasteiger partial charge on any atom is -0.373 e. The van der Waals surface area contributed by atoms with Crippen LogP contribution in [0.4, 0.5) is 17.6 Å². The Balaban J connectivity index is 2.30. The Kier molecular flexibility index (Phi) is 6.11. The molecule has 2 aromatic carbocycles. The fraction of sp³-hybridized carbons (Fsp3) is 0.263. The molecule has 0 aliphatic carbocycles. The van der Waals surface area contributed by atoms with E-state index in [0.29, 0.717) is 0 Å². The number of methoxy groups -OCH3 is 1. The van der Waals surface area contributed by atoms with Crippen LogP contribution in [-0.2, 0) is 22.1 Å². The van der Waals surface area contributed by atoms with E-state index in [0.717, 1.165) is 18.2 Å². The topological polar surface area (TPSA) is 50.1 Å². The summed E-state index contributed by atoms with van der Waals surface area (Å²) in [6, 6.07) is 11.5. The number of hydrogen-bond donors (Lipinski definition) is 0. The van der Waals surface area contributed by atoms with Gasteiger partial charge in [-0.15, -0.1) is 0 Å². The maximum atomic E-state index is 13.8. The van der Waals surface area contributed by atoms with Gasteiger partial charge in [0.2, 0.25) is 0 Å². The van der Waals surface area contributed by atoms with Crippen LogP contribution in [0.15, 0.2) is 48.5 Å². The van der Waals surface area contributed by atoms with Crippen molar-refractivity contribution in [1.82, 2.24) is 0 Å². The number of carbonyl (C=O) groups excluding carboxylic acids is 1. The first-order chi connectivity index (χ1) is 12.3. The first-order valence-corrected chi connectivity index (χ1v) is 7.64. The first kappa shape index (κ1) is 19.6. The maximum Gasteiger partial charge on any atom is 0.416 e. The van der Waals surface area contributed by atoms with Crippen LogP contribution < -0.4 is 0 Å². The van der Waals surface area contributed by atoms with Crippen LogP contribution in [0.1, 0.15) is 22.6 Å². The third-order valence-electron chi connectivity index (χ3n) is 3.93. The highest BCUT2D eigenvalue weighted by Gasteiger charge is 2.33. The van der Waals surface area contributed by atoms with E-state index in [1.54, 1.807) is 12.1 Å². The highest BCUT2D eigenvalue weighted by atomic mass is 19.4. The molecule has 136 valence electrons. The molecule has 0 aromatic heterocycles. The minimum atomic E-state index is -4.59. The summed E-state index contributed by atoms with van der Waals surface area (Å²) < 4.78 is 57.4. The first-order valence-electron chi connectivity index (χ1n) is 7.64. The van der Waals surface area contributed by atoms with E-state index in [1.807, 2.05) is 0 Å². The average molecular weight is 365 g/mol. The minimum absolute atomic E-state index is 0.0806. The van der Waals surface area contributed by atoms with Gasteiger partial charge in [-0.25, -0.2) is 4.39 Å². The Labute approximate surface area is 147 Å². The Hall–Kier alpha value is -2.72. The molecule has 2 rings (SSSR count). The number of halogens is 4. The second kappa shape index (κ2) is 8.11. The predicted octanol–water partition coefficient (Wildman–Crippen LogP) is 4.28. The van der Waals surface area contributed by atoms with Crippen molar-refractivity contribution < 1.29 is 27.1 Å². The molecule has 0 N–H and O–H groups in total. The fourth-order valence-corrected chi connectivity index (χ4v) is 2.55. The van der Waals surface area contributed by atoms with Crippen molar-refractivity contribution in [2.75, 3.05) is 7.11 Å². The number of rotatable bonds is 6. The summed E-state index contributed by atoms with van der Waals surface area (Å²) in [5.41, 5.74) is -0.817. The van der Waals surface area contributed by atoms with Gasteiger partial charge < -0.3 is 4.74 Å². The lowest BCUT2D eigenvalue weighted by Gasteiger charge is -2.18. The zero-order valence-corrected chi connectivity index (χ0v) is 13.8. The summed E-state index contributed by atoms with van der Waals surface area (Å²) in [6.45, 7) is 0. The molecule has 0 spiro atoms. The smallest absolute Gasteiger partial charge is 0.373 e. The molecule has 0 amide bonds. The SMILES string of the molecule is COC(Cc1ccccc1F)C(=O)C(C#N)c1cccc(C(F)(F)F)c1. The van der Waals surface area contributed by atoms with E-state index in [4.69, 9.17) is 4.74 Å². The number of nitrogens with zero attached hydrogens (tertiary/aromatic N) is 1. The van der Waals surface area contributed by atoms with Gasteiger partial charge in [-0.05, 0) is 23.3 Å². The molecule has 26 heavy (non-hydrogen) atoms. The van der Waals surface area contributed by atoms with Gasteiger partial charge in [-0.3, -0.25) is 4.79 Å². The molecule has 0 radical (unpaired) electrons. The highest BCUT2D eigenvalue weighted by molar-refractivity contribution is 5.92. The van der Waals surface area contributed by atoms with Crippen molar-refractivity contribution >= 4 is 5.78 Å². The molecule has 0 saturated heterocycles. The molecular weight excluding hydrogens is 350 g/mol. The number of hydrogen-bond acceptors (Lipinski definition) is 3. The van der Waals surface area contributed by atoms with E-state index in [2.05, 4.69) is 0 Å². The van der Waals surface area contributed by atoms with E-state index in [1.165, 1.54) is 31.4 Å². The van der Waals surface area contributed by atoms with Gasteiger partial charge >= 0.3 is 6.18 Å². The van der Waals surface area contributed by atoms with Crippen LogP contribution in [-0.4, -0.2) is 19.0 Å². The van der Waals surface area contributed by atoms with Crippen LogP contribution in [0, 0.1) is 17.1 Å². The number of carbonyl (C=O) groups is 1.